The Morgan fingerprint density at radius 2 is 1.63 bits per heavy atom. The van der Waals surface area contributed by atoms with Crippen LogP contribution in [0.15, 0.2) is 85.5 Å². The van der Waals surface area contributed by atoms with Crippen LogP contribution in [0.3, 0.4) is 0 Å². The molecule has 0 aliphatic heterocycles. The molecule has 0 spiro atoms. The van der Waals surface area contributed by atoms with Crippen LogP contribution in [-0.2, 0) is 0 Å². The summed E-state index contributed by atoms with van der Waals surface area (Å²) in [6.45, 7) is 4.33. The van der Waals surface area contributed by atoms with E-state index in [0.717, 1.165) is 38.9 Å². The second-order valence-corrected chi connectivity index (χ2v) is 7.76. The van der Waals surface area contributed by atoms with Crippen molar-refractivity contribution in [3.05, 3.63) is 91.0 Å². The number of benzene rings is 2. The van der Waals surface area contributed by atoms with Gasteiger partial charge in [-0.25, -0.2) is 9.97 Å². The minimum absolute atomic E-state index is 0.460. The predicted octanol–water partition coefficient (Wildman–Crippen LogP) is 6.71. The molecule has 1 N–H and O–H groups in total. The fourth-order valence-electron chi connectivity index (χ4n) is 3.72. The zero-order valence-electron chi connectivity index (χ0n) is 17.0. The van der Waals surface area contributed by atoms with Crippen LogP contribution in [0.2, 0.25) is 0 Å². The van der Waals surface area contributed by atoms with E-state index in [4.69, 9.17) is 4.98 Å². The lowest BCUT2D eigenvalue weighted by Gasteiger charge is -2.13. The summed E-state index contributed by atoms with van der Waals surface area (Å²) in [4.78, 5) is 13.6. The van der Waals surface area contributed by atoms with Gasteiger partial charge in [-0.1, -0.05) is 56.3 Å². The Labute approximate surface area is 175 Å². The molecule has 0 aliphatic rings. The van der Waals surface area contributed by atoms with Gasteiger partial charge in [-0.3, -0.25) is 4.98 Å². The standard InChI is InChI=1S/C26H22N4/c1-17(2)20-9-10-25(28-15-20)30-26-23-6-4-3-5-22(23)24(16-29-26)19-8-7-18-11-12-27-14-21(18)13-19/h3-17H,1-2H3,(H,28,29,30). The summed E-state index contributed by atoms with van der Waals surface area (Å²) < 4.78 is 0. The summed E-state index contributed by atoms with van der Waals surface area (Å²) in [6.07, 6.45) is 7.58. The van der Waals surface area contributed by atoms with Crippen LogP contribution in [0, 0.1) is 0 Å². The first-order chi connectivity index (χ1) is 14.7. The number of hydrogen-bond donors (Lipinski definition) is 1. The van der Waals surface area contributed by atoms with Gasteiger partial charge < -0.3 is 5.32 Å². The van der Waals surface area contributed by atoms with Crippen LogP contribution in [-0.4, -0.2) is 15.0 Å². The van der Waals surface area contributed by atoms with E-state index in [1.54, 1.807) is 0 Å². The highest BCUT2D eigenvalue weighted by Crippen LogP contribution is 2.33. The molecule has 0 saturated heterocycles. The van der Waals surface area contributed by atoms with Crippen molar-refractivity contribution in [3.8, 4) is 11.1 Å². The topological polar surface area (TPSA) is 50.7 Å². The molecule has 4 heteroatoms. The highest BCUT2D eigenvalue weighted by Gasteiger charge is 2.10. The molecule has 3 heterocycles. The molecule has 146 valence electrons. The van der Waals surface area contributed by atoms with Gasteiger partial charge >= 0.3 is 0 Å². The molecule has 0 atom stereocenters. The third-order valence-corrected chi connectivity index (χ3v) is 5.45. The van der Waals surface area contributed by atoms with E-state index in [9.17, 15) is 0 Å². The highest BCUT2D eigenvalue weighted by molar-refractivity contribution is 6.03. The minimum atomic E-state index is 0.460. The van der Waals surface area contributed by atoms with E-state index in [1.165, 1.54) is 10.9 Å². The van der Waals surface area contributed by atoms with Crippen LogP contribution >= 0.6 is 0 Å². The average molecular weight is 390 g/mol. The molecule has 0 unspecified atom stereocenters. The van der Waals surface area contributed by atoms with Gasteiger partial charge in [0.1, 0.15) is 11.6 Å². The second kappa shape index (κ2) is 7.56. The van der Waals surface area contributed by atoms with Crippen molar-refractivity contribution in [1.29, 1.82) is 0 Å². The van der Waals surface area contributed by atoms with Crippen LogP contribution in [0.4, 0.5) is 11.6 Å². The number of anilines is 2. The fraction of sp³-hybridized carbons (Fsp3) is 0.115. The monoisotopic (exact) mass is 390 g/mol. The lowest BCUT2D eigenvalue weighted by atomic mass is 9.98. The maximum Gasteiger partial charge on any atom is 0.139 e. The summed E-state index contributed by atoms with van der Waals surface area (Å²) >= 11 is 0. The van der Waals surface area contributed by atoms with E-state index in [-0.39, 0.29) is 0 Å². The molecule has 0 fully saturated rings. The van der Waals surface area contributed by atoms with E-state index in [1.807, 2.05) is 43.0 Å². The molecule has 2 aromatic carbocycles. The maximum atomic E-state index is 4.75. The normalized spacial score (nSPS) is 11.3. The van der Waals surface area contributed by atoms with Crippen LogP contribution < -0.4 is 5.32 Å². The Hall–Kier alpha value is -3.79. The summed E-state index contributed by atoms with van der Waals surface area (Å²) in [5, 5.41) is 7.91. The van der Waals surface area contributed by atoms with Crippen LogP contribution in [0.5, 0.6) is 0 Å². The van der Waals surface area contributed by atoms with E-state index >= 15 is 0 Å². The SMILES string of the molecule is CC(C)c1ccc(Nc2ncc(-c3ccc4ccncc4c3)c3ccccc23)nc1. The quantitative estimate of drug-likeness (QED) is 0.370. The maximum absolute atomic E-state index is 4.75. The Morgan fingerprint density at radius 3 is 2.43 bits per heavy atom. The fourth-order valence-corrected chi connectivity index (χ4v) is 3.72. The van der Waals surface area contributed by atoms with Gasteiger partial charge in [-0.2, -0.15) is 0 Å². The van der Waals surface area contributed by atoms with Gasteiger partial charge in [0.05, 0.1) is 0 Å². The molecule has 0 amide bonds. The molecule has 5 aromatic rings. The van der Waals surface area contributed by atoms with Crippen LogP contribution in [0.1, 0.15) is 25.3 Å². The Bertz CT molecular complexity index is 1340. The van der Waals surface area contributed by atoms with Crippen molar-refractivity contribution in [1.82, 2.24) is 15.0 Å². The smallest absolute Gasteiger partial charge is 0.139 e. The van der Waals surface area contributed by atoms with Crippen molar-refractivity contribution in [2.45, 2.75) is 19.8 Å². The van der Waals surface area contributed by atoms with Gasteiger partial charge in [-0.05, 0) is 46.0 Å². The van der Waals surface area contributed by atoms with E-state index < -0.39 is 0 Å². The average Bonchev–Trinajstić information content (AvgIpc) is 2.79. The number of aromatic nitrogens is 3. The van der Waals surface area contributed by atoms with Crippen molar-refractivity contribution in [2.24, 2.45) is 0 Å². The third-order valence-electron chi connectivity index (χ3n) is 5.45. The molecule has 0 saturated carbocycles. The van der Waals surface area contributed by atoms with Gasteiger partial charge in [0.25, 0.3) is 0 Å². The zero-order valence-corrected chi connectivity index (χ0v) is 17.0. The van der Waals surface area contributed by atoms with Gasteiger partial charge in [0, 0.05) is 41.1 Å². The first kappa shape index (κ1) is 18.3. The summed E-state index contributed by atoms with van der Waals surface area (Å²) in [6, 6.07) is 20.9. The van der Waals surface area contributed by atoms with Crippen molar-refractivity contribution in [2.75, 3.05) is 5.32 Å². The van der Waals surface area contributed by atoms with E-state index in [0.29, 0.717) is 5.92 Å². The number of pyridine rings is 3. The molecule has 0 aliphatic carbocycles. The lowest BCUT2D eigenvalue weighted by molar-refractivity contribution is 0.859. The summed E-state index contributed by atoms with van der Waals surface area (Å²) in [5.41, 5.74) is 3.45. The number of nitrogens with zero attached hydrogens (tertiary/aromatic N) is 3. The van der Waals surface area contributed by atoms with Crippen molar-refractivity contribution >= 4 is 33.2 Å². The molecule has 3 aromatic heterocycles. The van der Waals surface area contributed by atoms with Crippen molar-refractivity contribution in [3.63, 3.8) is 0 Å². The molecule has 4 nitrogen and oxygen atoms in total. The Balaban J connectivity index is 1.57. The molecule has 30 heavy (non-hydrogen) atoms. The molecule has 0 bridgehead atoms. The van der Waals surface area contributed by atoms with Gasteiger partial charge in [0.15, 0.2) is 0 Å². The predicted molar refractivity (Wildman–Crippen MR) is 124 cm³/mol. The number of hydrogen-bond acceptors (Lipinski definition) is 4. The largest absolute Gasteiger partial charge is 0.324 e. The molecule has 0 radical (unpaired) electrons. The highest BCUT2D eigenvalue weighted by atomic mass is 15.0. The van der Waals surface area contributed by atoms with Crippen LogP contribution in [0.25, 0.3) is 32.7 Å². The van der Waals surface area contributed by atoms with Gasteiger partial charge in [0.2, 0.25) is 0 Å². The van der Waals surface area contributed by atoms with Gasteiger partial charge in [-0.15, -0.1) is 0 Å². The molecular formula is C26H22N4. The lowest BCUT2D eigenvalue weighted by Crippen LogP contribution is -1.99. The summed E-state index contributed by atoms with van der Waals surface area (Å²) in [5.74, 6) is 2.06. The molecule has 5 rings (SSSR count). The number of fused-ring (bicyclic) bond motifs is 2. The first-order valence-corrected chi connectivity index (χ1v) is 10.1. The van der Waals surface area contributed by atoms with Crippen molar-refractivity contribution < 1.29 is 0 Å². The number of rotatable bonds is 4. The summed E-state index contributed by atoms with van der Waals surface area (Å²) in [7, 11) is 0. The Kier molecular flexibility index (Phi) is 4.60. The second-order valence-electron chi connectivity index (χ2n) is 7.76. The Morgan fingerprint density at radius 1 is 0.767 bits per heavy atom. The number of nitrogens with one attached hydrogen (secondary N) is 1. The zero-order chi connectivity index (χ0) is 20.5. The minimum Gasteiger partial charge on any atom is -0.324 e. The first-order valence-electron chi connectivity index (χ1n) is 10.1. The van der Waals surface area contributed by atoms with E-state index in [2.05, 4.69) is 71.6 Å². The third kappa shape index (κ3) is 3.37. The molecular weight excluding hydrogens is 368 g/mol.